The van der Waals surface area contributed by atoms with E-state index in [4.69, 9.17) is 11.6 Å². The first-order valence-electron chi connectivity index (χ1n) is 12.6. The van der Waals surface area contributed by atoms with E-state index in [0.29, 0.717) is 17.0 Å². The molecular weight excluding hydrogens is 482 g/mol. The Kier molecular flexibility index (Phi) is 6.59. The Morgan fingerprint density at radius 1 is 1.00 bits per heavy atom. The topological polar surface area (TPSA) is 52.7 Å². The maximum absolute atomic E-state index is 14.2. The van der Waals surface area contributed by atoms with Crippen LogP contribution in [-0.2, 0) is 16.0 Å². The SMILES string of the molecule is CN(C)c1ccc([C@H]2C3=C(CC(C)(C)CC3=O)Nc3ccccc3N2C(=O)Cc2ccc(Cl)cc2)cc1. The number of nitrogens with zero attached hydrogens (tertiary/aromatic N) is 2. The molecule has 1 aliphatic carbocycles. The quantitative estimate of drug-likeness (QED) is 0.417. The Morgan fingerprint density at radius 2 is 1.68 bits per heavy atom. The molecule has 0 spiro atoms. The number of carbonyl (C=O) groups excluding carboxylic acids is 2. The third-order valence-corrected chi connectivity index (χ3v) is 7.42. The van der Waals surface area contributed by atoms with Crippen molar-refractivity contribution in [2.75, 3.05) is 29.2 Å². The monoisotopic (exact) mass is 513 g/mol. The number of amides is 1. The van der Waals surface area contributed by atoms with Crippen LogP contribution in [0.15, 0.2) is 84.1 Å². The van der Waals surface area contributed by atoms with Gasteiger partial charge in [-0.15, -0.1) is 0 Å². The molecule has 0 aromatic heterocycles. The molecule has 6 heteroatoms. The van der Waals surface area contributed by atoms with Crippen molar-refractivity contribution in [3.8, 4) is 0 Å². The summed E-state index contributed by atoms with van der Waals surface area (Å²) in [6, 6.07) is 22.8. The number of rotatable bonds is 4. The fourth-order valence-electron chi connectivity index (χ4n) is 5.39. The molecule has 0 saturated heterocycles. The van der Waals surface area contributed by atoms with E-state index in [0.717, 1.165) is 40.3 Å². The van der Waals surface area contributed by atoms with Crippen LogP contribution in [0.5, 0.6) is 0 Å². The number of hydrogen-bond donors (Lipinski definition) is 1. The molecule has 3 aromatic carbocycles. The fourth-order valence-corrected chi connectivity index (χ4v) is 5.52. The molecule has 0 unspecified atom stereocenters. The zero-order valence-corrected chi connectivity index (χ0v) is 22.5. The first-order valence-corrected chi connectivity index (χ1v) is 13.0. The summed E-state index contributed by atoms with van der Waals surface area (Å²) < 4.78 is 0. The van der Waals surface area contributed by atoms with Gasteiger partial charge < -0.3 is 10.2 Å². The van der Waals surface area contributed by atoms with E-state index in [-0.39, 0.29) is 23.5 Å². The number of anilines is 3. The standard InChI is InChI=1S/C31H32ClN3O2/c1-31(2)18-25-29(27(36)19-31)30(21-11-15-23(16-12-21)34(3)4)35(26-8-6-5-7-24(26)33-25)28(37)17-20-9-13-22(32)14-10-20/h5-16,30,33H,17-19H2,1-4H3/t30-/m0/s1. The smallest absolute Gasteiger partial charge is 0.232 e. The van der Waals surface area contributed by atoms with E-state index in [1.807, 2.05) is 84.6 Å². The Balaban J connectivity index is 1.70. The zero-order valence-electron chi connectivity index (χ0n) is 21.7. The van der Waals surface area contributed by atoms with E-state index in [1.54, 1.807) is 12.1 Å². The Labute approximate surface area is 223 Å². The number of para-hydroxylation sites is 2. The van der Waals surface area contributed by atoms with Crippen molar-refractivity contribution in [2.24, 2.45) is 5.41 Å². The van der Waals surface area contributed by atoms with Gasteiger partial charge >= 0.3 is 0 Å². The first-order chi connectivity index (χ1) is 17.6. The van der Waals surface area contributed by atoms with Gasteiger partial charge in [0.2, 0.25) is 5.91 Å². The molecule has 37 heavy (non-hydrogen) atoms. The normalized spacial score (nSPS) is 18.5. The minimum Gasteiger partial charge on any atom is -0.378 e. The highest BCUT2D eigenvalue weighted by Gasteiger charge is 2.43. The maximum Gasteiger partial charge on any atom is 0.232 e. The zero-order chi connectivity index (χ0) is 26.3. The molecule has 190 valence electrons. The Morgan fingerprint density at radius 3 is 2.35 bits per heavy atom. The summed E-state index contributed by atoms with van der Waals surface area (Å²) in [5.41, 5.74) is 5.85. The molecule has 1 heterocycles. The predicted molar refractivity (Wildman–Crippen MR) is 151 cm³/mol. The lowest BCUT2D eigenvalue weighted by atomic mass is 9.73. The number of carbonyl (C=O) groups is 2. The molecule has 0 fully saturated rings. The third kappa shape index (κ3) is 5.01. The van der Waals surface area contributed by atoms with Crippen LogP contribution in [0.3, 0.4) is 0 Å². The first kappa shape index (κ1) is 25.1. The second-order valence-electron chi connectivity index (χ2n) is 10.9. The summed E-state index contributed by atoms with van der Waals surface area (Å²) in [5, 5.41) is 4.20. The van der Waals surface area contributed by atoms with Crippen LogP contribution in [0.4, 0.5) is 17.1 Å². The fraction of sp³-hybridized carbons (Fsp3) is 0.290. The molecule has 1 N–H and O–H groups in total. The van der Waals surface area contributed by atoms with Crippen molar-refractivity contribution in [3.05, 3.63) is 100 Å². The van der Waals surface area contributed by atoms with Gasteiger partial charge in [-0.05, 0) is 59.4 Å². The van der Waals surface area contributed by atoms with E-state index < -0.39 is 6.04 Å². The minimum atomic E-state index is -0.536. The summed E-state index contributed by atoms with van der Waals surface area (Å²) in [7, 11) is 3.99. The average molecular weight is 514 g/mol. The van der Waals surface area contributed by atoms with Gasteiger partial charge in [-0.1, -0.05) is 61.8 Å². The van der Waals surface area contributed by atoms with Gasteiger partial charge in [-0.3, -0.25) is 14.5 Å². The lowest BCUT2D eigenvalue weighted by Crippen LogP contribution is -2.40. The van der Waals surface area contributed by atoms with Gasteiger partial charge in [-0.2, -0.15) is 0 Å². The summed E-state index contributed by atoms with van der Waals surface area (Å²) in [6.45, 7) is 4.25. The molecule has 0 radical (unpaired) electrons. The highest BCUT2D eigenvalue weighted by Crippen LogP contribution is 2.48. The number of Topliss-reactive ketones (excluding diaryl/α,β-unsaturated/α-hetero) is 1. The van der Waals surface area contributed by atoms with Crippen molar-refractivity contribution >= 4 is 40.4 Å². The number of nitrogens with one attached hydrogen (secondary N) is 1. The average Bonchev–Trinajstić information content (AvgIpc) is 2.99. The number of halogens is 1. The van der Waals surface area contributed by atoms with Crippen LogP contribution in [0.1, 0.15) is 43.9 Å². The highest BCUT2D eigenvalue weighted by atomic mass is 35.5. The number of ketones is 1. The molecule has 1 atom stereocenters. The van der Waals surface area contributed by atoms with Crippen LogP contribution in [0.25, 0.3) is 0 Å². The number of allylic oxidation sites excluding steroid dienone is 1. The number of hydrogen-bond acceptors (Lipinski definition) is 4. The van der Waals surface area contributed by atoms with Crippen molar-refractivity contribution < 1.29 is 9.59 Å². The lowest BCUT2D eigenvalue weighted by Gasteiger charge is -2.37. The second kappa shape index (κ2) is 9.71. The minimum absolute atomic E-state index is 0.0790. The van der Waals surface area contributed by atoms with E-state index in [2.05, 4.69) is 19.2 Å². The number of benzene rings is 3. The predicted octanol–water partition coefficient (Wildman–Crippen LogP) is 6.79. The van der Waals surface area contributed by atoms with Crippen LogP contribution in [0.2, 0.25) is 5.02 Å². The van der Waals surface area contributed by atoms with E-state index in [1.165, 1.54) is 0 Å². The van der Waals surface area contributed by atoms with Gasteiger partial charge in [0.1, 0.15) is 0 Å². The summed E-state index contributed by atoms with van der Waals surface area (Å²) in [5.74, 6) is 0.00202. The lowest BCUT2D eigenvalue weighted by molar-refractivity contribution is -0.119. The molecule has 5 rings (SSSR count). The van der Waals surface area contributed by atoms with E-state index >= 15 is 0 Å². The van der Waals surface area contributed by atoms with Crippen LogP contribution in [0, 0.1) is 5.41 Å². The summed E-state index contributed by atoms with van der Waals surface area (Å²) in [4.78, 5) is 31.8. The maximum atomic E-state index is 14.2. The molecule has 2 aliphatic rings. The Bertz CT molecular complexity index is 1370. The van der Waals surface area contributed by atoms with E-state index in [9.17, 15) is 9.59 Å². The summed E-state index contributed by atoms with van der Waals surface area (Å²) >= 11 is 6.09. The molecule has 0 bridgehead atoms. The third-order valence-electron chi connectivity index (χ3n) is 7.16. The number of fused-ring (bicyclic) bond motifs is 1. The molecule has 1 aliphatic heterocycles. The van der Waals surface area contributed by atoms with Crippen LogP contribution >= 0.6 is 11.6 Å². The van der Waals surface area contributed by atoms with Gasteiger partial charge in [0, 0.05) is 42.5 Å². The largest absolute Gasteiger partial charge is 0.378 e. The molecular formula is C31H32ClN3O2. The second-order valence-corrected chi connectivity index (χ2v) is 11.4. The molecule has 1 amide bonds. The van der Waals surface area contributed by atoms with Crippen molar-refractivity contribution in [2.45, 2.75) is 39.2 Å². The van der Waals surface area contributed by atoms with Crippen LogP contribution < -0.4 is 15.1 Å². The van der Waals surface area contributed by atoms with Gasteiger partial charge in [0.25, 0.3) is 0 Å². The van der Waals surface area contributed by atoms with Crippen molar-refractivity contribution in [1.82, 2.24) is 0 Å². The molecule has 0 saturated carbocycles. The highest BCUT2D eigenvalue weighted by molar-refractivity contribution is 6.30. The molecule has 5 nitrogen and oxygen atoms in total. The molecule has 3 aromatic rings. The summed E-state index contributed by atoms with van der Waals surface area (Å²) in [6.07, 6.45) is 1.36. The van der Waals surface area contributed by atoms with Gasteiger partial charge in [0.15, 0.2) is 5.78 Å². The van der Waals surface area contributed by atoms with Gasteiger partial charge in [-0.25, -0.2) is 0 Å². The van der Waals surface area contributed by atoms with Gasteiger partial charge in [0.05, 0.1) is 23.8 Å². The van der Waals surface area contributed by atoms with Crippen molar-refractivity contribution in [3.63, 3.8) is 0 Å². The van der Waals surface area contributed by atoms with Crippen LogP contribution in [-0.4, -0.2) is 25.8 Å². The van der Waals surface area contributed by atoms with Crippen molar-refractivity contribution in [1.29, 1.82) is 0 Å². The Hall–Kier alpha value is -3.57.